The summed E-state index contributed by atoms with van der Waals surface area (Å²) in [6, 6.07) is 73.3. The molecule has 0 amide bonds. The highest BCUT2D eigenvalue weighted by Crippen LogP contribution is 2.43. The molecule has 65 heavy (non-hydrogen) atoms. The number of para-hydroxylation sites is 1. The van der Waals surface area contributed by atoms with Crippen LogP contribution in [0.5, 0.6) is 0 Å². The summed E-state index contributed by atoms with van der Waals surface area (Å²) in [5.41, 5.74) is 9.65. The summed E-state index contributed by atoms with van der Waals surface area (Å²) in [5.74, 6) is 1.78. The van der Waals surface area contributed by atoms with Crippen LogP contribution in [-0.4, -0.2) is 19.5 Å². The zero-order valence-electron chi connectivity index (χ0n) is 34.7. The molecule has 0 aliphatic rings. The van der Waals surface area contributed by atoms with Gasteiger partial charge in [0.1, 0.15) is 11.2 Å². The van der Waals surface area contributed by atoms with Gasteiger partial charge in [-0.05, 0) is 99.4 Å². The molecule has 0 spiro atoms. The molecule has 6 heteroatoms. The van der Waals surface area contributed by atoms with Gasteiger partial charge >= 0.3 is 0 Å². The smallest absolute Gasteiger partial charge is 0.166 e. The van der Waals surface area contributed by atoms with Crippen molar-refractivity contribution in [3.05, 3.63) is 206 Å². The van der Waals surface area contributed by atoms with E-state index < -0.39 is 0 Å². The van der Waals surface area contributed by atoms with E-state index in [9.17, 15) is 0 Å². The van der Waals surface area contributed by atoms with Crippen molar-refractivity contribution in [1.82, 2.24) is 19.5 Å². The molecule has 302 valence electrons. The number of benzene rings is 10. The topological polar surface area (TPSA) is 56.7 Å². The number of nitrogens with zero attached hydrogens (tertiary/aromatic N) is 4. The van der Waals surface area contributed by atoms with Gasteiger partial charge in [-0.1, -0.05) is 133 Å². The molecule has 4 aromatic heterocycles. The Morgan fingerprint density at radius 3 is 1.74 bits per heavy atom. The lowest BCUT2D eigenvalue weighted by Gasteiger charge is -2.15. The Morgan fingerprint density at radius 1 is 0.338 bits per heavy atom. The highest BCUT2D eigenvalue weighted by molar-refractivity contribution is 7.25. The second-order valence-electron chi connectivity index (χ2n) is 16.8. The maximum atomic E-state index is 6.83. The number of furan rings is 1. The van der Waals surface area contributed by atoms with Crippen LogP contribution in [0.1, 0.15) is 0 Å². The molecule has 0 bridgehead atoms. The number of aromatic nitrogens is 4. The van der Waals surface area contributed by atoms with E-state index in [0.29, 0.717) is 17.5 Å². The van der Waals surface area contributed by atoms with Gasteiger partial charge < -0.3 is 8.98 Å². The molecular formula is C59H34N4OS. The third kappa shape index (κ3) is 5.74. The van der Waals surface area contributed by atoms with Crippen molar-refractivity contribution >= 4 is 96.8 Å². The fourth-order valence-corrected chi connectivity index (χ4v) is 11.0. The molecule has 14 aromatic rings. The van der Waals surface area contributed by atoms with Crippen molar-refractivity contribution in [1.29, 1.82) is 0 Å². The molecule has 10 aromatic carbocycles. The number of rotatable bonds is 5. The van der Waals surface area contributed by atoms with Crippen LogP contribution in [0.15, 0.2) is 211 Å². The highest BCUT2D eigenvalue weighted by Gasteiger charge is 2.23. The minimum absolute atomic E-state index is 0.573. The molecule has 14 rings (SSSR count). The summed E-state index contributed by atoms with van der Waals surface area (Å²) in [6.45, 7) is 0. The quantitative estimate of drug-likeness (QED) is 0.173. The van der Waals surface area contributed by atoms with Crippen molar-refractivity contribution in [2.24, 2.45) is 0 Å². The zero-order valence-corrected chi connectivity index (χ0v) is 35.6. The summed E-state index contributed by atoms with van der Waals surface area (Å²) in [4.78, 5) is 16.3. The van der Waals surface area contributed by atoms with Gasteiger partial charge in [-0.15, -0.1) is 11.3 Å². The second-order valence-corrected chi connectivity index (χ2v) is 17.9. The average Bonchev–Trinajstić information content (AvgIpc) is 4.02. The van der Waals surface area contributed by atoms with Crippen LogP contribution in [0.3, 0.4) is 0 Å². The average molecular weight is 847 g/mol. The van der Waals surface area contributed by atoms with Crippen molar-refractivity contribution in [2.45, 2.75) is 0 Å². The molecule has 0 saturated heterocycles. The lowest BCUT2D eigenvalue weighted by atomic mass is 10.0. The van der Waals surface area contributed by atoms with Gasteiger partial charge in [-0.3, -0.25) is 0 Å². The van der Waals surface area contributed by atoms with E-state index in [1.165, 1.54) is 41.7 Å². The van der Waals surface area contributed by atoms with E-state index in [1.54, 1.807) is 11.3 Å². The predicted octanol–water partition coefficient (Wildman–Crippen LogP) is 16.2. The molecule has 0 aliphatic carbocycles. The van der Waals surface area contributed by atoms with E-state index in [4.69, 9.17) is 19.4 Å². The largest absolute Gasteiger partial charge is 0.456 e. The second kappa shape index (κ2) is 14.0. The molecule has 0 fully saturated rings. The summed E-state index contributed by atoms with van der Waals surface area (Å²) >= 11 is 1.81. The number of hydrogen-bond donors (Lipinski definition) is 0. The van der Waals surface area contributed by atoms with Crippen LogP contribution in [0.2, 0.25) is 0 Å². The monoisotopic (exact) mass is 846 g/mol. The first-order valence-corrected chi connectivity index (χ1v) is 22.6. The molecular weight excluding hydrogens is 813 g/mol. The van der Waals surface area contributed by atoms with E-state index in [-0.39, 0.29) is 0 Å². The van der Waals surface area contributed by atoms with Gasteiger partial charge in [-0.25, -0.2) is 15.0 Å². The lowest BCUT2D eigenvalue weighted by molar-refractivity contribution is 0.669. The van der Waals surface area contributed by atoms with Gasteiger partial charge in [0, 0.05) is 64.5 Å². The zero-order chi connectivity index (χ0) is 42.6. The molecule has 5 nitrogen and oxygen atoms in total. The standard InChI is InChI=1S/C59H34N4OS/c1-2-13-35(14-3-1)36-19-12-20-41(27-36)57-60-58(42-25-26-56-48(30-42)44-22-9-11-24-55(44)65-56)62-59(61-57)49-33-47-46-29-38-16-5-7-18-40(38)32-53(46)64-54(47)34-52(49)63-50-23-10-8-21-43(50)45-28-37-15-4-6-17-39(37)31-51(45)63/h1-34H. The molecule has 0 saturated carbocycles. The molecule has 0 aliphatic heterocycles. The van der Waals surface area contributed by atoms with Crippen LogP contribution in [0.4, 0.5) is 0 Å². The maximum absolute atomic E-state index is 6.83. The maximum Gasteiger partial charge on any atom is 0.166 e. The number of thiophene rings is 1. The first-order chi connectivity index (χ1) is 32.2. The van der Waals surface area contributed by atoms with E-state index >= 15 is 0 Å². The third-order valence-corrected chi connectivity index (χ3v) is 14.1. The Balaban J connectivity index is 1.09. The number of fused-ring (bicyclic) bond motifs is 11. The molecule has 4 heterocycles. The minimum Gasteiger partial charge on any atom is -0.456 e. The highest BCUT2D eigenvalue weighted by atomic mass is 32.1. The van der Waals surface area contributed by atoms with Gasteiger partial charge in [0.15, 0.2) is 17.5 Å². The van der Waals surface area contributed by atoms with Crippen LogP contribution < -0.4 is 0 Å². The van der Waals surface area contributed by atoms with E-state index in [1.807, 2.05) is 6.07 Å². The third-order valence-electron chi connectivity index (χ3n) is 13.0. The lowest BCUT2D eigenvalue weighted by Crippen LogP contribution is -2.04. The first kappa shape index (κ1) is 36.1. The fraction of sp³-hybridized carbons (Fsp3) is 0. The normalized spacial score (nSPS) is 12.0. The van der Waals surface area contributed by atoms with Crippen molar-refractivity contribution in [3.63, 3.8) is 0 Å². The van der Waals surface area contributed by atoms with Gasteiger partial charge in [0.2, 0.25) is 0 Å². The van der Waals surface area contributed by atoms with Crippen molar-refractivity contribution in [2.75, 3.05) is 0 Å². The van der Waals surface area contributed by atoms with E-state index in [2.05, 4.69) is 205 Å². The summed E-state index contributed by atoms with van der Waals surface area (Å²) in [7, 11) is 0. The van der Waals surface area contributed by atoms with Gasteiger partial charge in [-0.2, -0.15) is 0 Å². The minimum atomic E-state index is 0.573. The van der Waals surface area contributed by atoms with Crippen LogP contribution in [-0.2, 0) is 0 Å². The predicted molar refractivity (Wildman–Crippen MR) is 271 cm³/mol. The van der Waals surface area contributed by atoms with Gasteiger partial charge in [0.05, 0.1) is 16.7 Å². The Hall–Kier alpha value is -8.45. The van der Waals surface area contributed by atoms with Gasteiger partial charge in [0.25, 0.3) is 0 Å². The molecule has 0 atom stereocenters. The summed E-state index contributed by atoms with van der Waals surface area (Å²) < 4.78 is 11.7. The molecule has 0 unspecified atom stereocenters. The van der Waals surface area contributed by atoms with Crippen molar-refractivity contribution < 1.29 is 4.42 Å². The van der Waals surface area contributed by atoms with Crippen LogP contribution in [0, 0.1) is 0 Å². The van der Waals surface area contributed by atoms with Crippen molar-refractivity contribution in [3.8, 4) is 51.0 Å². The van der Waals surface area contributed by atoms with Crippen LogP contribution >= 0.6 is 11.3 Å². The molecule has 0 radical (unpaired) electrons. The van der Waals surface area contributed by atoms with Crippen LogP contribution in [0.25, 0.3) is 136 Å². The Bertz CT molecular complexity index is 4260. The summed E-state index contributed by atoms with van der Waals surface area (Å²) in [5, 5.41) is 11.4. The number of hydrogen-bond acceptors (Lipinski definition) is 5. The Labute approximate surface area is 376 Å². The Morgan fingerprint density at radius 2 is 0.923 bits per heavy atom. The first-order valence-electron chi connectivity index (χ1n) is 21.8. The SMILES string of the molecule is c1ccc(-c2cccc(-c3nc(-c4ccc5sc6ccccc6c5c4)nc(-c4cc5c(cc4-n4c6ccccc6c6cc7ccccc7cc64)oc4cc6ccccc6cc45)n3)c2)cc1. The Kier molecular flexibility index (Phi) is 7.79. The van der Waals surface area contributed by atoms with E-state index in [0.717, 1.165) is 77.2 Å². The fourth-order valence-electron chi connectivity index (χ4n) is 9.86. The summed E-state index contributed by atoms with van der Waals surface area (Å²) in [6.07, 6.45) is 0. The molecule has 0 N–H and O–H groups in total.